The van der Waals surface area contributed by atoms with Crippen LogP contribution in [0.3, 0.4) is 0 Å². The predicted octanol–water partition coefficient (Wildman–Crippen LogP) is 2.39. The molecule has 1 nitrogen and oxygen atoms in total. The summed E-state index contributed by atoms with van der Waals surface area (Å²) in [5, 5.41) is 0. The molecular weight excluding hydrogens is 124 g/mol. The summed E-state index contributed by atoms with van der Waals surface area (Å²) in [5.41, 5.74) is 0. The maximum absolute atomic E-state index is 5.26. The molecule has 0 aromatic carbocycles. The molecule has 0 rings (SSSR count). The second kappa shape index (κ2) is 7.25. The minimum absolute atomic E-state index is 0.337. The van der Waals surface area contributed by atoms with E-state index in [1.165, 1.54) is 12.8 Å². The van der Waals surface area contributed by atoms with Crippen molar-refractivity contribution in [3.05, 3.63) is 0 Å². The van der Waals surface area contributed by atoms with Gasteiger partial charge in [0, 0.05) is 6.61 Å². The first-order chi connectivity index (χ1) is 3.91. The van der Waals surface area contributed by atoms with Crippen LogP contribution in [0.25, 0.3) is 0 Å². The van der Waals surface area contributed by atoms with Gasteiger partial charge in [-0.1, -0.05) is 31.4 Å². The van der Waals surface area contributed by atoms with E-state index in [2.05, 4.69) is 6.92 Å². The van der Waals surface area contributed by atoms with Crippen molar-refractivity contribution in [2.75, 3.05) is 12.7 Å². The van der Waals surface area contributed by atoms with Crippen molar-refractivity contribution in [3.63, 3.8) is 0 Å². The van der Waals surface area contributed by atoms with Gasteiger partial charge in [-0.25, -0.2) is 0 Å². The van der Waals surface area contributed by atoms with Crippen LogP contribution in [0.15, 0.2) is 0 Å². The van der Waals surface area contributed by atoms with Crippen molar-refractivity contribution in [2.45, 2.75) is 26.2 Å². The number of alkyl halides is 1. The average molecular weight is 137 g/mol. The van der Waals surface area contributed by atoms with Crippen molar-refractivity contribution in [3.8, 4) is 0 Å². The van der Waals surface area contributed by atoms with Gasteiger partial charge in [-0.05, 0) is 6.42 Å². The molecule has 0 aliphatic rings. The lowest BCUT2D eigenvalue weighted by molar-refractivity contribution is 0.174. The van der Waals surface area contributed by atoms with Crippen molar-refractivity contribution in [1.29, 1.82) is 0 Å². The number of ether oxygens (including phenoxy) is 1. The lowest BCUT2D eigenvalue weighted by atomic mass is 10.3. The summed E-state index contributed by atoms with van der Waals surface area (Å²) < 4.78 is 4.90. The Balaban J connectivity index is 2.53. The molecule has 0 aliphatic heterocycles. The first-order valence-electron chi connectivity index (χ1n) is 3.05. The van der Waals surface area contributed by atoms with Crippen molar-refractivity contribution in [2.24, 2.45) is 0 Å². The van der Waals surface area contributed by atoms with E-state index in [9.17, 15) is 0 Å². The summed E-state index contributed by atoms with van der Waals surface area (Å²) in [6.07, 6.45) is 3.63. The molecule has 8 heavy (non-hydrogen) atoms. The number of rotatable bonds is 5. The fourth-order valence-corrected chi connectivity index (χ4v) is 0.618. The Morgan fingerprint density at radius 1 is 1.38 bits per heavy atom. The highest BCUT2D eigenvalue weighted by Crippen LogP contribution is 1.93. The average Bonchev–Trinajstić information content (AvgIpc) is 1.81. The predicted molar refractivity (Wildman–Crippen MR) is 36.2 cm³/mol. The number of halogens is 1. The van der Waals surface area contributed by atoms with Crippen LogP contribution in [0.4, 0.5) is 0 Å². The zero-order chi connectivity index (χ0) is 6.24. The number of hydrogen-bond donors (Lipinski definition) is 0. The minimum Gasteiger partial charge on any atom is -0.366 e. The lowest BCUT2D eigenvalue weighted by Gasteiger charge is -1.95. The Bertz CT molecular complexity index is 33.5. The van der Waals surface area contributed by atoms with Gasteiger partial charge in [0.2, 0.25) is 0 Å². The van der Waals surface area contributed by atoms with Crippen molar-refractivity contribution >= 4 is 11.6 Å². The molecule has 0 radical (unpaired) electrons. The van der Waals surface area contributed by atoms with Crippen LogP contribution in [0.2, 0.25) is 0 Å². The molecule has 0 aromatic rings. The van der Waals surface area contributed by atoms with E-state index in [0.29, 0.717) is 6.07 Å². The number of hydrogen-bond acceptors (Lipinski definition) is 1. The normalized spacial score (nSPS) is 9.75. The summed E-state index contributed by atoms with van der Waals surface area (Å²) in [5.74, 6) is 0. The Labute approximate surface area is 56.0 Å². The maximum atomic E-state index is 5.26. The summed E-state index contributed by atoms with van der Waals surface area (Å²) in [7, 11) is 0. The first kappa shape index (κ1) is 8.25. The van der Waals surface area contributed by atoms with E-state index in [1.54, 1.807) is 0 Å². The summed E-state index contributed by atoms with van der Waals surface area (Å²) >= 11 is 5.26. The van der Waals surface area contributed by atoms with Crippen molar-refractivity contribution in [1.82, 2.24) is 0 Å². The van der Waals surface area contributed by atoms with Gasteiger partial charge in [0.25, 0.3) is 0 Å². The minimum atomic E-state index is 0.337. The molecule has 0 aromatic heterocycles. The molecule has 50 valence electrons. The Morgan fingerprint density at radius 3 is 2.62 bits per heavy atom. The third-order valence-electron chi connectivity index (χ3n) is 0.969. The van der Waals surface area contributed by atoms with E-state index in [0.717, 1.165) is 13.0 Å². The molecule has 0 saturated heterocycles. The molecule has 0 saturated carbocycles. The van der Waals surface area contributed by atoms with E-state index < -0.39 is 0 Å². The second-order valence-electron chi connectivity index (χ2n) is 1.72. The van der Waals surface area contributed by atoms with E-state index in [1.807, 2.05) is 0 Å². The van der Waals surface area contributed by atoms with Crippen LogP contribution in [-0.2, 0) is 4.74 Å². The van der Waals surface area contributed by atoms with Crippen LogP contribution in [0.1, 0.15) is 26.2 Å². The van der Waals surface area contributed by atoms with Crippen LogP contribution < -0.4 is 0 Å². The highest BCUT2D eigenvalue weighted by atomic mass is 35.5. The molecular formula is C6H13ClO. The maximum Gasteiger partial charge on any atom is 0.120 e. The summed E-state index contributed by atoms with van der Waals surface area (Å²) in [6.45, 7) is 2.98. The van der Waals surface area contributed by atoms with Gasteiger partial charge < -0.3 is 4.74 Å². The molecule has 0 spiro atoms. The zero-order valence-corrected chi connectivity index (χ0v) is 6.08. The van der Waals surface area contributed by atoms with E-state index in [-0.39, 0.29) is 0 Å². The standard InChI is InChI=1S/C6H13ClO/c1-2-3-4-5-8-6-7/h2-6H2,1H3. The fraction of sp³-hybridized carbons (Fsp3) is 1.00. The van der Waals surface area contributed by atoms with Crippen molar-refractivity contribution < 1.29 is 4.74 Å². The van der Waals surface area contributed by atoms with Gasteiger partial charge in [0.05, 0.1) is 0 Å². The van der Waals surface area contributed by atoms with Gasteiger partial charge in [-0.15, -0.1) is 0 Å². The van der Waals surface area contributed by atoms with Crippen LogP contribution >= 0.6 is 11.6 Å². The molecule has 0 unspecified atom stereocenters. The SMILES string of the molecule is CCCCCOCCl. The largest absolute Gasteiger partial charge is 0.366 e. The molecule has 0 atom stereocenters. The van der Waals surface area contributed by atoms with Crippen LogP contribution in [0, 0.1) is 0 Å². The number of unbranched alkanes of at least 4 members (excludes halogenated alkanes) is 2. The van der Waals surface area contributed by atoms with Gasteiger partial charge in [-0.3, -0.25) is 0 Å². The lowest BCUT2D eigenvalue weighted by Crippen LogP contribution is -1.90. The molecule has 0 amide bonds. The molecule has 0 heterocycles. The van der Waals surface area contributed by atoms with E-state index >= 15 is 0 Å². The Hall–Kier alpha value is 0.250. The van der Waals surface area contributed by atoms with E-state index in [4.69, 9.17) is 16.3 Å². The van der Waals surface area contributed by atoms with Crippen LogP contribution in [0.5, 0.6) is 0 Å². The third-order valence-corrected chi connectivity index (χ3v) is 1.12. The van der Waals surface area contributed by atoms with Gasteiger partial charge >= 0.3 is 0 Å². The quantitative estimate of drug-likeness (QED) is 0.417. The second-order valence-corrected chi connectivity index (χ2v) is 1.94. The topological polar surface area (TPSA) is 9.23 Å². The molecule has 0 bridgehead atoms. The Kier molecular flexibility index (Phi) is 7.48. The Morgan fingerprint density at radius 2 is 2.12 bits per heavy atom. The highest BCUT2D eigenvalue weighted by molar-refractivity contribution is 6.17. The summed E-state index contributed by atoms with van der Waals surface area (Å²) in [6, 6.07) is 0.337. The van der Waals surface area contributed by atoms with Crippen LogP contribution in [-0.4, -0.2) is 12.7 Å². The molecule has 0 N–H and O–H groups in total. The van der Waals surface area contributed by atoms with Gasteiger partial charge in [0.1, 0.15) is 6.07 Å². The highest BCUT2D eigenvalue weighted by Gasteiger charge is 1.83. The first-order valence-corrected chi connectivity index (χ1v) is 3.59. The molecule has 0 fully saturated rings. The third kappa shape index (κ3) is 6.25. The molecule has 2 heteroatoms. The smallest absolute Gasteiger partial charge is 0.120 e. The fourth-order valence-electron chi connectivity index (χ4n) is 0.509. The molecule has 0 aliphatic carbocycles. The monoisotopic (exact) mass is 136 g/mol. The summed E-state index contributed by atoms with van der Waals surface area (Å²) in [4.78, 5) is 0. The van der Waals surface area contributed by atoms with Gasteiger partial charge in [-0.2, -0.15) is 0 Å². The van der Waals surface area contributed by atoms with Gasteiger partial charge in [0.15, 0.2) is 0 Å². The zero-order valence-electron chi connectivity index (χ0n) is 5.32.